The van der Waals surface area contributed by atoms with E-state index >= 15 is 0 Å². The Kier molecular flexibility index (Phi) is 5.79. The molecule has 1 rings (SSSR count). The molecule has 5 heteroatoms. The highest BCUT2D eigenvalue weighted by atomic mass is 16.5. The molecule has 0 radical (unpaired) electrons. The van der Waals surface area contributed by atoms with Crippen molar-refractivity contribution >= 4 is 6.21 Å². The van der Waals surface area contributed by atoms with Gasteiger partial charge in [-0.15, -0.1) is 0 Å². The fourth-order valence-electron chi connectivity index (χ4n) is 1.45. The molecular weight excluding hydrogens is 244 g/mol. The lowest BCUT2D eigenvalue weighted by Gasteiger charge is -2.23. The summed E-state index contributed by atoms with van der Waals surface area (Å²) in [6, 6.07) is 7.18. The van der Waals surface area contributed by atoms with Crippen LogP contribution in [0.5, 0.6) is 5.75 Å². The van der Waals surface area contributed by atoms with Crippen molar-refractivity contribution in [3.8, 4) is 5.75 Å². The number of rotatable bonds is 6. The Hall–Kier alpha value is -1.59. The van der Waals surface area contributed by atoms with Crippen molar-refractivity contribution in [3.05, 3.63) is 29.8 Å². The minimum atomic E-state index is -0.599. The molecule has 1 aromatic rings. The van der Waals surface area contributed by atoms with Crippen molar-refractivity contribution in [3.63, 3.8) is 0 Å². The average Bonchev–Trinajstić information content (AvgIpc) is 2.35. The van der Waals surface area contributed by atoms with E-state index in [9.17, 15) is 5.11 Å². The van der Waals surface area contributed by atoms with E-state index in [4.69, 9.17) is 9.94 Å². The molecule has 0 aliphatic carbocycles. The Morgan fingerprint density at radius 3 is 2.68 bits per heavy atom. The first-order valence-electron chi connectivity index (χ1n) is 6.25. The number of para-hydroxylation sites is 1. The van der Waals surface area contributed by atoms with Crippen LogP contribution in [0.4, 0.5) is 0 Å². The summed E-state index contributed by atoms with van der Waals surface area (Å²) in [6.45, 7) is 6.74. The molecule has 1 aromatic carbocycles. The SMILES string of the molecule is CC(C)(C)NCC(O)COc1ccccc1C=NO. The second-order valence-corrected chi connectivity index (χ2v) is 5.38. The van der Waals surface area contributed by atoms with Crippen LogP contribution < -0.4 is 10.1 Å². The number of aliphatic hydroxyl groups excluding tert-OH is 1. The van der Waals surface area contributed by atoms with Gasteiger partial charge in [-0.2, -0.15) is 0 Å². The minimum Gasteiger partial charge on any atom is -0.490 e. The van der Waals surface area contributed by atoms with Gasteiger partial charge in [0.05, 0.1) is 6.21 Å². The second kappa shape index (κ2) is 7.11. The fraction of sp³-hybridized carbons (Fsp3) is 0.500. The van der Waals surface area contributed by atoms with Crippen molar-refractivity contribution < 1.29 is 15.1 Å². The van der Waals surface area contributed by atoms with E-state index in [2.05, 4.69) is 10.5 Å². The van der Waals surface area contributed by atoms with Crippen molar-refractivity contribution in [1.29, 1.82) is 0 Å². The zero-order valence-electron chi connectivity index (χ0n) is 11.6. The predicted octanol–water partition coefficient (Wildman–Crippen LogP) is 1.62. The smallest absolute Gasteiger partial charge is 0.128 e. The van der Waals surface area contributed by atoms with Crippen LogP contribution in [0.15, 0.2) is 29.4 Å². The molecular formula is C14H22N2O3. The van der Waals surface area contributed by atoms with Crippen LogP contribution >= 0.6 is 0 Å². The Bertz CT molecular complexity index is 413. The van der Waals surface area contributed by atoms with Crippen LogP contribution in [0, 0.1) is 0 Å². The first-order valence-corrected chi connectivity index (χ1v) is 6.25. The third kappa shape index (κ3) is 6.22. The predicted molar refractivity (Wildman–Crippen MR) is 75.1 cm³/mol. The number of hydrogen-bond donors (Lipinski definition) is 3. The van der Waals surface area contributed by atoms with Gasteiger partial charge in [-0.25, -0.2) is 0 Å². The lowest BCUT2D eigenvalue weighted by atomic mass is 10.1. The molecule has 0 fully saturated rings. The summed E-state index contributed by atoms with van der Waals surface area (Å²) in [6.07, 6.45) is 0.702. The zero-order chi connectivity index (χ0) is 14.3. The molecule has 0 aromatic heterocycles. The van der Waals surface area contributed by atoms with E-state index in [-0.39, 0.29) is 12.1 Å². The quantitative estimate of drug-likeness (QED) is 0.415. The summed E-state index contributed by atoms with van der Waals surface area (Å²) in [4.78, 5) is 0. The van der Waals surface area contributed by atoms with Crippen LogP contribution in [0.2, 0.25) is 0 Å². The summed E-state index contributed by atoms with van der Waals surface area (Å²) in [7, 11) is 0. The standard InChI is InChI=1S/C14H22N2O3/c1-14(2,3)15-9-12(17)10-19-13-7-5-4-6-11(13)8-16-18/h4-8,12,15,17-18H,9-10H2,1-3H3. The lowest BCUT2D eigenvalue weighted by molar-refractivity contribution is 0.1000. The Morgan fingerprint density at radius 1 is 1.37 bits per heavy atom. The van der Waals surface area contributed by atoms with Gasteiger partial charge in [0.25, 0.3) is 0 Å². The topological polar surface area (TPSA) is 74.1 Å². The Labute approximate surface area is 113 Å². The highest BCUT2D eigenvalue weighted by molar-refractivity contribution is 5.82. The summed E-state index contributed by atoms with van der Waals surface area (Å²) >= 11 is 0. The van der Waals surface area contributed by atoms with Gasteiger partial charge in [0.15, 0.2) is 0 Å². The van der Waals surface area contributed by atoms with Gasteiger partial charge in [0.2, 0.25) is 0 Å². The van der Waals surface area contributed by atoms with Gasteiger partial charge in [-0.1, -0.05) is 17.3 Å². The van der Waals surface area contributed by atoms with E-state index in [1.54, 1.807) is 12.1 Å². The molecule has 0 heterocycles. The van der Waals surface area contributed by atoms with Gasteiger partial charge < -0.3 is 20.4 Å². The monoisotopic (exact) mass is 266 g/mol. The molecule has 0 amide bonds. The molecule has 0 aliphatic heterocycles. The maximum absolute atomic E-state index is 9.82. The molecule has 19 heavy (non-hydrogen) atoms. The van der Waals surface area contributed by atoms with Gasteiger partial charge in [-0.05, 0) is 32.9 Å². The first kappa shape index (κ1) is 15.5. The van der Waals surface area contributed by atoms with Gasteiger partial charge >= 0.3 is 0 Å². The fourth-order valence-corrected chi connectivity index (χ4v) is 1.45. The van der Waals surface area contributed by atoms with E-state index in [0.29, 0.717) is 17.9 Å². The van der Waals surface area contributed by atoms with Gasteiger partial charge in [0, 0.05) is 17.6 Å². The Balaban J connectivity index is 2.48. The molecule has 1 atom stereocenters. The molecule has 0 saturated heterocycles. The number of nitrogens with zero attached hydrogens (tertiary/aromatic N) is 1. The molecule has 106 valence electrons. The lowest BCUT2D eigenvalue weighted by Crippen LogP contribution is -2.42. The zero-order valence-corrected chi connectivity index (χ0v) is 11.6. The summed E-state index contributed by atoms with van der Waals surface area (Å²) < 4.78 is 5.52. The minimum absolute atomic E-state index is 0.0393. The number of ether oxygens (including phenoxy) is 1. The highest BCUT2D eigenvalue weighted by Gasteiger charge is 2.13. The Morgan fingerprint density at radius 2 is 2.05 bits per heavy atom. The number of nitrogens with one attached hydrogen (secondary N) is 1. The van der Waals surface area contributed by atoms with Crippen LogP contribution in [0.3, 0.4) is 0 Å². The van der Waals surface area contributed by atoms with Crippen molar-refractivity contribution in [2.75, 3.05) is 13.2 Å². The number of benzene rings is 1. The third-order valence-electron chi connectivity index (χ3n) is 2.42. The molecule has 0 aliphatic rings. The maximum Gasteiger partial charge on any atom is 0.128 e. The highest BCUT2D eigenvalue weighted by Crippen LogP contribution is 2.16. The van der Waals surface area contributed by atoms with Crippen LogP contribution in [-0.4, -0.2) is 41.3 Å². The summed E-state index contributed by atoms with van der Waals surface area (Å²) in [5.41, 5.74) is 0.628. The normalized spacial score (nSPS) is 13.7. The second-order valence-electron chi connectivity index (χ2n) is 5.38. The van der Waals surface area contributed by atoms with E-state index < -0.39 is 6.10 Å². The first-order chi connectivity index (χ1) is 8.92. The summed E-state index contributed by atoms with van der Waals surface area (Å²) in [5, 5.41) is 24.6. The van der Waals surface area contributed by atoms with Crippen molar-refractivity contribution in [2.45, 2.75) is 32.4 Å². The number of hydrogen-bond acceptors (Lipinski definition) is 5. The average molecular weight is 266 g/mol. The molecule has 0 spiro atoms. The van der Waals surface area contributed by atoms with Gasteiger partial charge in [-0.3, -0.25) is 0 Å². The maximum atomic E-state index is 9.82. The molecule has 3 N–H and O–H groups in total. The van der Waals surface area contributed by atoms with E-state index in [0.717, 1.165) is 0 Å². The van der Waals surface area contributed by atoms with Crippen LogP contribution in [0.1, 0.15) is 26.3 Å². The molecule has 0 saturated carbocycles. The number of β-amino-alcohol motifs (C(OH)–C–C–N with tert-alkyl or cyclic N) is 1. The van der Waals surface area contributed by atoms with Crippen molar-refractivity contribution in [2.24, 2.45) is 5.16 Å². The largest absolute Gasteiger partial charge is 0.490 e. The van der Waals surface area contributed by atoms with Crippen LogP contribution in [-0.2, 0) is 0 Å². The molecule has 5 nitrogen and oxygen atoms in total. The van der Waals surface area contributed by atoms with Gasteiger partial charge in [0.1, 0.15) is 18.5 Å². The molecule has 0 bridgehead atoms. The summed E-state index contributed by atoms with van der Waals surface area (Å²) in [5.74, 6) is 0.579. The van der Waals surface area contributed by atoms with Crippen molar-refractivity contribution in [1.82, 2.24) is 5.32 Å². The molecule has 1 unspecified atom stereocenters. The number of oxime groups is 1. The number of aliphatic hydroxyl groups is 1. The van der Waals surface area contributed by atoms with E-state index in [1.807, 2.05) is 32.9 Å². The van der Waals surface area contributed by atoms with E-state index in [1.165, 1.54) is 6.21 Å². The third-order valence-corrected chi connectivity index (χ3v) is 2.42. The van der Waals surface area contributed by atoms with Crippen LogP contribution in [0.25, 0.3) is 0 Å².